The van der Waals surface area contributed by atoms with E-state index in [1.807, 2.05) is 0 Å². The van der Waals surface area contributed by atoms with E-state index in [0.29, 0.717) is 5.69 Å². The van der Waals surface area contributed by atoms with E-state index in [4.69, 9.17) is 0 Å². The van der Waals surface area contributed by atoms with E-state index < -0.39 is 9.84 Å². The fourth-order valence-corrected chi connectivity index (χ4v) is 5.25. The summed E-state index contributed by atoms with van der Waals surface area (Å²) in [6.07, 6.45) is 4.78. The Labute approximate surface area is 203 Å². The maximum Gasteiger partial charge on any atom is 0.267 e. The van der Waals surface area contributed by atoms with Gasteiger partial charge in [-0.25, -0.2) is 13.4 Å². The van der Waals surface area contributed by atoms with E-state index in [9.17, 15) is 13.2 Å². The molecule has 0 radical (unpaired) electrons. The van der Waals surface area contributed by atoms with Crippen LogP contribution in [-0.4, -0.2) is 67.4 Å². The lowest BCUT2D eigenvalue weighted by molar-refractivity contribution is 0.0946. The number of nitrogens with zero attached hydrogens (tertiary/aromatic N) is 4. The summed E-state index contributed by atoms with van der Waals surface area (Å²) >= 11 is 0. The fourth-order valence-electron chi connectivity index (χ4n) is 4.05. The van der Waals surface area contributed by atoms with Gasteiger partial charge in [-0.05, 0) is 49.0 Å². The second kappa shape index (κ2) is 9.47. The van der Waals surface area contributed by atoms with Gasteiger partial charge in [0.25, 0.3) is 5.91 Å². The number of piperazine rings is 1. The first-order valence-electron chi connectivity index (χ1n) is 11.3. The number of carbonyl (C=O) groups is 1. The van der Waals surface area contributed by atoms with Crippen LogP contribution in [0.25, 0.3) is 10.9 Å². The van der Waals surface area contributed by atoms with Crippen molar-refractivity contribution in [2.45, 2.75) is 16.3 Å². The van der Waals surface area contributed by atoms with Crippen LogP contribution < -0.4 is 10.2 Å². The molecule has 0 atom stereocenters. The molecule has 1 aliphatic rings. The van der Waals surface area contributed by atoms with Crippen molar-refractivity contribution in [2.24, 2.45) is 0 Å². The molecule has 0 bridgehead atoms. The van der Waals surface area contributed by atoms with Crippen molar-refractivity contribution in [3.05, 3.63) is 78.4 Å². The molecule has 1 saturated heterocycles. The van der Waals surface area contributed by atoms with Crippen molar-refractivity contribution in [2.75, 3.05) is 38.1 Å². The van der Waals surface area contributed by atoms with Gasteiger partial charge in [0.15, 0.2) is 0 Å². The molecular formula is C25H26N6O3S. The van der Waals surface area contributed by atoms with Crippen molar-refractivity contribution in [3.8, 4) is 0 Å². The van der Waals surface area contributed by atoms with Gasteiger partial charge in [-0.2, -0.15) is 0 Å². The van der Waals surface area contributed by atoms with Gasteiger partial charge in [-0.15, -0.1) is 0 Å². The van der Waals surface area contributed by atoms with Gasteiger partial charge in [0, 0.05) is 62.2 Å². The first kappa shape index (κ1) is 23.0. The van der Waals surface area contributed by atoms with Crippen LogP contribution in [-0.2, 0) is 16.4 Å². The lowest BCUT2D eigenvalue weighted by Crippen LogP contribution is -2.44. The second-order valence-corrected chi connectivity index (χ2v) is 10.6. The van der Waals surface area contributed by atoms with Gasteiger partial charge in [-0.1, -0.05) is 12.1 Å². The predicted octanol–water partition coefficient (Wildman–Crippen LogP) is 2.47. The Morgan fingerprint density at radius 2 is 1.74 bits per heavy atom. The number of carbonyl (C=O) groups excluding carboxylic acids is 1. The molecule has 0 aliphatic carbocycles. The molecule has 0 spiro atoms. The Kier molecular flexibility index (Phi) is 6.23. The van der Waals surface area contributed by atoms with Crippen molar-refractivity contribution in [3.63, 3.8) is 0 Å². The maximum absolute atomic E-state index is 13.1. The molecule has 1 fully saturated rings. The second-order valence-electron chi connectivity index (χ2n) is 8.62. The Morgan fingerprint density at radius 1 is 1.00 bits per heavy atom. The number of aromatic nitrogens is 3. The van der Waals surface area contributed by atoms with Gasteiger partial charge in [0.1, 0.15) is 11.5 Å². The zero-order valence-corrected chi connectivity index (χ0v) is 20.1. The van der Waals surface area contributed by atoms with Crippen LogP contribution in [0.5, 0.6) is 0 Å². The number of aromatic amines is 1. The molecular weight excluding hydrogens is 464 g/mol. The summed E-state index contributed by atoms with van der Waals surface area (Å²) in [5.41, 5.74) is 2.07. The molecule has 2 N–H and O–H groups in total. The SMILES string of the molecule is CN1CCN(c2ccc(S(=O)(=O)c3ccc(CNC(=O)c4cc5cnccc5[nH]4)cc3)cn2)CC1. The molecule has 35 heavy (non-hydrogen) atoms. The Balaban J connectivity index is 1.23. The minimum absolute atomic E-state index is 0.157. The van der Waals surface area contributed by atoms with Crippen LogP contribution in [0.4, 0.5) is 5.82 Å². The van der Waals surface area contributed by atoms with Gasteiger partial charge < -0.3 is 20.1 Å². The van der Waals surface area contributed by atoms with Gasteiger partial charge in [0.2, 0.25) is 9.84 Å². The first-order valence-corrected chi connectivity index (χ1v) is 12.8. The quantitative estimate of drug-likeness (QED) is 0.427. The summed E-state index contributed by atoms with van der Waals surface area (Å²) in [5, 5.41) is 3.71. The van der Waals surface area contributed by atoms with Crippen LogP contribution in [0.1, 0.15) is 16.1 Å². The van der Waals surface area contributed by atoms with E-state index in [1.54, 1.807) is 60.9 Å². The average molecular weight is 491 g/mol. The van der Waals surface area contributed by atoms with Crippen LogP contribution in [0, 0.1) is 0 Å². The van der Waals surface area contributed by atoms with Crippen LogP contribution in [0.15, 0.2) is 76.9 Å². The highest BCUT2D eigenvalue weighted by Crippen LogP contribution is 2.23. The number of anilines is 1. The summed E-state index contributed by atoms with van der Waals surface area (Å²) in [6, 6.07) is 13.4. The predicted molar refractivity (Wildman–Crippen MR) is 133 cm³/mol. The highest BCUT2D eigenvalue weighted by Gasteiger charge is 2.20. The molecule has 0 saturated carbocycles. The standard InChI is InChI=1S/C25H26N6O3S/c1-30-10-12-31(13-11-30)24-7-6-21(17-27-24)35(33,34)20-4-2-18(3-5-20)15-28-25(32)23-14-19-16-26-9-8-22(19)29-23/h2-9,14,16-17,29H,10-13,15H2,1H3,(H,28,32). The minimum atomic E-state index is -3.69. The zero-order valence-electron chi connectivity index (χ0n) is 19.3. The monoisotopic (exact) mass is 490 g/mol. The van der Waals surface area contributed by atoms with Crippen molar-refractivity contribution in [1.29, 1.82) is 0 Å². The molecule has 4 aromatic rings. The third-order valence-electron chi connectivity index (χ3n) is 6.21. The molecule has 1 amide bonds. The van der Waals surface area contributed by atoms with Crippen LogP contribution in [0.3, 0.4) is 0 Å². The summed E-state index contributed by atoms with van der Waals surface area (Å²) in [4.78, 5) is 28.8. The zero-order chi connectivity index (χ0) is 24.4. The Morgan fingerprint density at radius 3 is 2.43 bits per heavy atom. The molecule has 5 rings (SSSR count). The van der Waals surface area contributed by atoms with E-state index in [1.165, 1.54) is 6.20 Å². The molecule has 10 heteroatoms. The normalized spacial score (nSPS) is 14.8. The molecule has 4 heterocycles. The maximum atomic E-state index is 13.1. The number of hydrogen-bond donors (Lipinski definition) is 2. The highest BCUT2D eigenvalue weighted by molar-refractivity contribution is 7.91. The lowest BCUT2D eigenvalue weighted by atomic mass is 10.2. The summed E-state index contributed by atoms with van der Waals surface area (Å²) in [6.45, 7) is 3.91. The number of H-pyrrole nitrogens is 1. The number of rotatable bonds is 6. The highest BCUT2D eigenvalue weighted by atomic mass is 32.2. The van der Waals surface area contributed by atoms with Crippen LogP contribution in [0.2, 0.25) is 0 Å². The summed E-state index contributed by atoms with van der Waals surface area (Å²) in [5.74, 6) is 0.541. The number of amides is 1. The van der Waals surface area contributed by atoms with Crippen molar-refractivity contribution >= 4 is 32.5 Å². The number of likely N-dealkylation sites (N-methyl/N-ethyl adjacent to an activating group) is 1. The topological polar surface area (TPSA) is 111 Å². The molecule has 0 unspecified atom stereocenters. The third-order valence-corrected chi connectivity index (χ3v) is 7.97. The number of sulfone groups is 1. The van der Waals surface area contributed by atoms with E-state index in [2.05, 4.69) is 37.1 Å². The minimum Gasteiger partial charge on any atom is -0.354 e. The van der Waals surface area contributed by atoms with Crippen LogP contribution >= 0.6 is 0 Å². The number of pyridine rings is 2. The molecule has 180 valence electrons. The average Bonchev–Trinajstić information content (AvgIpc) is 3.33. The molecule has 3 aromatic heterocycles. The molecule has 9 nitrogen and oxygen atoms in total. The summed E-state index contributed by atoms with van der Waals surface area (Å²) in [7, 11) is -1.60. The lowest BCUT2D eigenvalue weighted by Gasteiger charge is -2.33. The summed E-state index contributed by atoms with van der Waals surface area (Å²) < 4.78 is 26.1. The van der Waals surface area contributed by atoms with Gasteiger partial charge in [-0.3, -0.25) is 9.78 Å². The number of fused-ring (bicyclic) bond motifs is 1. The van der Waals surface area contributed by atoms with Gasteiger partial charge >= 0.3 is 0 Å². The Hall–Kier alpha value is -3.76. The largest absolute Gasteiger partial charge is 0.354 e. The third kappa shape index (κ3) is 4.89. The number of hydrogen-bond acceptors (Lipinski definition) is 7. The van der Waals surface area contributed by atoms with E-state index >= 15 is 0 Å². The molecule has 1 aromatic carbocycles. The van der Waals surface area contributed by atoms with Crippen molar-refractivity contribution < 1.29 is 13.2 Å². The molecule has 1 aliphatic heterocycles. The van der Waals surface area contributed by atoms with E-state index in [0.717, 1.165) is 48.5 Å². The first-order chi connectivity index (χ1) is 16.9. The fraction of sp³-hybridized carbons (Fsp3) is 0.240. The van der Waals surface area contributed by atoms with Crippen molar-refractivity contribution in [1.82, 2.24) is 25.2 Å². The number of benzene rings is 1. The number of nitrogens with one attached hydrogen (secondary N) is 2. The van der Waals surface area contributed by atoms with E-state index in [-0.39, 0.29) is 22.2 Å². The smallest absolute Gasteiger partial charge is 0.267 e. The van der Waals surface area contributed by atoms with Gasteiger partial charge in [0.05, 0.1) is 9.79 Å². The Bertz CT molecular complexity index is 1410.